The molecule has 1 unspecified atom stereocenters. The summed E-state index contributed by atoms with van der Waals surface area (Å²) < 4.78 is 7.09. The Hall–Kier alpha value is -3.54. The predicted molar refractivity (Wildman–Crippen MR) is 110 cm³/mol. The summed E-state index contributed by atoms with van der Waals surface area (Å²) in [6, 6.07) is 20.5. The fourth-order valence-electron chi connectivity index (χ4n) is 3.62. The van der Waals surface area contributed by atoms with Gasteiger partial charge in [-0.25, -0.2) is 0 Å². The molecule has 0 radical (unpaired) electrons. The Morgan fingerprint density at radius 3 is 2.55 bits per heavy atom. The van der Waals surface area contributed by atoms with Crippen molar-refractivity contribution in [3.8, 4) is 5.75 Å². The SMILES string of the molecule is COc1ccc(C(=O)NCC2Cn3cccc3C(=O)N2Cc2ccccc2)cc1. The fraction of sp³-hybridized carbons (Fsp3) is 0.217. The summed E-state index contributed by atoms with van der Waals surface area (Å²) in [5, 5.41) is 2.98. The van der Waals surface area contributed by atoms with Crippen LogP contribution in [0.2, 0.25) is 0 Å². The van der Waals surface area contributed by atoms with Gasteiger partial charge in [0.15, 0.2) is 0 Å². The van der Waals surface area contributed by atoms with Gasteiger partial charge in [0.2, 0.25) is 0 Å². The maximum Gasteiger partial charge on any atom is 0.271 e. The molecule has 0 fully saturated rings. The van der Waals surface area contributed by atoms with Crippen LogP contribution in [0.3, 0.4) is 0 Å². The highest BCUT2D eigenvalue weighted by Gasteiger charge is 2.32. The number of methoxy groups -OCH3 is 1. The van der Waals surface area contributed by atoms with Crippen LogP contribution < -0.4 is 10.1 Å². The normalized spacial score (nSPS) is 15.7. The van der Waals surface area contributed by atoms with Gasteiger partial charge in [-0.2, -0.15) is 0 Å². The largest absolute Gasteiger partial charge is 0.497 e. The van der Waals surface area contributed by atoms with Crippen LogP contribution in [0.15, 0.2) is 72.9 Å². The Morgan fingerprint density at radius 1 is 1.07 bits per heavy atom. The third-order valence-electron chi connectivity index (χ3n) is 5.20. The van der Waals surface area contributed by atoms with E-state index >= 15 is 0 Å². The summed E-state index contributed by atoms with van der Waals surface area (Å²) in [6.45, 7) is 1.53. The standard InChI is InChI=1S/C23H23N3O3/c1-29-20-11-9-18(10-12-20)22(27)24-14-19-16-25-13-5-8-21(25)23(28)26(19)15-17-6-3-2-4-7-17/h2-13,19H,14-16H2,1H3,(H,24,27). The average molecular weight is 389 g/mol. The minimum absolute atomic E-state index is 0.0196. The molecule has 0 bridgehead atoms. The minimum Gasteiger partial charge on any atom is -0.497 e. The highest BCUT2D eigenvalue weighted by Crippen LogP contribution is 2.21. The zero-order chi connectivity index (χ0) is 20.2. The van der Waals surface area contributed by atoms with Gasteiger partial charge in [0.1, 0.15) is 11.4 Å². The number of hydrogen-bond donors (Lipinski definition) is 1. The number of nitrogens with zero attached hydrogens (tertiary/aromatic N) is 2. The molecule has 148 valence electrons. The lowest BCUT2D eigenvalue weighted by Crippen LogP contribution is -2.52. The summed E-state index contributed by atoms with van der Waals surface area (Å²) in [7, 11) is 1.59. The second kappa shape index (κ2) is 8.22. The molecule has 6 nitrogen and oxygen atoms in total. The van der Waals surface area contributed by atoms with E-state index in [0.717, 1.165) is 5.56 Å². The van der Waals surface area contributed by atoms with Crippen LogP contribution in [0.4, 0.5) is 0 Å². The Balaban J connectivity index is 1.50. The highest BCUT2D eigenvalue weighted by atomic mass is 16.5. The van der Waals surface area contributed by atoms with Gasteiger partial charge in [-0.1, -0.05) is 30.3 Å². The van der Waals surface area contributed by atoms with Crippen LogP contribution in [-0.2, 0) is 13.1 Å². The number of aromatic nitrogens is 1. The molecular weight excluding hydrogens is 366 g/mol. The van der Waals surface area contributed by atoms with Crippen LogP contribution in [0.1, 0.15) is 26.4 Å². The maximum absolute atomic E-state index is 13.1. The lowest BCUT2D eigenvalue weighted by Gasteiger charge is -2.37. The van der Waals surface area contributed by atoms with Crippen LogP contribution >= 0.6 is 0 Å². The molecule has 0 saturated carbocycles. The van der Waals surface area contributed by atoms with E-state index in [1.807, 2.05) is 58.1 Å². The molecule has 1 N–H and O–H groups in total. The molecule has 0 saturated heterocycles. The summed E-state index contributed by atoms with van der Waals surface area (Å²) in [6.07, 6.45) is 1.91. The van der Waals surface area contributed by atoms with Crippen molar-refractivity contribution in [3.63, 3.8) is 0 Å². The van der Waals surface area contributed by atoms with E-state index in [1.54, 1.807) is 31.4 Å². The number of carbonyl (C=O) groups excluding carboxylic acids is 2. The van der Waals surface area contributed by atoms with E-state index in [1.165, 1.54) is 0 Å². The maximum atomic E-state index is 13.1. The first kappa shape index (κ1) is 18.8. The number of rotatable bonds is 6. The van der Waals surface area contributed by atoms with Gasteiger partial charge in [0.05, 0.1) is 13.2 Å². The van der Waals surface area contributed by atoms with Gasteiger partial charge >= 0.3 is 0 Å². The first-order valence-corrected chi connectivity index (χ1v) is 9.58. The first-order valence-electron chi connectivity index (χ1n) is 9.58. The number of nitrogens with one attached hydrogen (secondary N) is 1. The molecule has 3 aromatic rings. The van der Waals surface area contributed by atoms with Gasteiger partial charge in [0.25, 0.3) is 11.8 Å². The van der Waals surface area contributed by atoms with E-state index in [4.69, 9.17) is 4.74 Å². The number of carbonyl (C=O) groups is 2. The smallest absolute Gasteiger partial charge is 0.271 e. The van der Waals surface area contributed by atoms with Gasteiger partial charge in [-0.05, 0) is 42.0 Å². The number of benzene rings is 2. The van der Waals surface area contributed by atoms with Crippen molar-refractivity contribution in [2.75, 3.05) is 13.7 Å². The summed E-state index contributed by atoms with van der Waals surface area (Å²) in [5.74, 6) is 0.514. The number of amides is 2. The van der Waals surface area contributed by atoms with Gasteiger partial charge in [0, 0.05) is 31.4 Å². The topological polar surface area (TPSA) is 63.6 Å². The van der Waals surface area contributed by atoms with E-state index in [-0.39, 0.29) is 17.9 Å². The van der Waals surface area contributed by atoms with Crippen molar-refractivity contribution in [3.05, 3.63) is 89.7 Å². The Kier molecular flexibility index (Phi) is 5.33. The van der Waals surface area contributed by atoms with Crippen molar-refractivity contribution in [2.45, 2.75) is 19.1 Å². The van der Waals surface area contributed by atoms with Crippen molar-refractivity contribution in [1.29, 1.82) is 0 Å². The number of hydrogen-bond acceptors (Lipinski definition) is 3. The minimum atomic E-state index is -0.168. The number of fused-ring (bicyclic) bond motifs is 1. The molecule has 4 rings (SSSR count). The van der Waals surface area contributed by atoms with Crippen molar-refractivity contribution >= 4 is 11.8 Å². The van der Waals surface area contributed by atoms with E-state index in [0.29, 0.717) is 36.6 Å². The zero-order valence-electron chi connectivity index (χ0n) is 16.2. The van der Waals surface area contributed by atoms with Gasteiger partial charge in [-0.15, -0.1) is 0 Å². The molecule has 1 aliphatic heterocycles. The van der Waals surface area contributed by atoms with Crippen molar-refractivity contribution in [1.82, 2.24) is 14.8 Å². The lowest BCUT2D eigenvalue weighted by molar-refractivity contribution is 0.0563. The predicted octanol–water partition coefficient (Wildman–Crippen LogP) is 2.95. The molecule has 2 amide bonds. The molecule has 1 aromatic heterocycles. The molecule has 2 heterocycles. The average Bonchev–Trinajstić information content (AvgIpc) is 3.24. The van der Waals surface area contributed by atoms with Gasteiger partial charge < -0.3 is 19.5 Å². The van der Waals surface area contributed by atoms with Gasteiger partial charge in [-0.3, -0.25) is 9.59 Å². The molecule has 1 aliphatic rings. The molecule has 0 spiro atoms. The van der Waals surface area contributed by atoms with Crippen LogP contribution in [0.25, 0.3) is 0 Å². The van der Waals surface area contributed by atoms with Crippen molar-refractivity contribution < 1.29 is 14.3 Å². The molecule has 6 heteroatoms. The first-order chi connectivity index (χ1) is 14.2. The third-order valence-corrected chi connectivity index (χ3v) is 5.20. The molecule has 0 aliphatic carbocycles. The second-order valence-electron chi connectivity index (χ2n) is 7.06. The second-order valence-corrected chi connectivity index (χ2v) is 7.06. The monoisotopic (exact) mass is 389 g/mol. The van der Waals surface area contributed by atoms with Crippen molar-refractivity contribution in [2.24, 2.45) is 0 Å². The summed E-state index contributed by atoms with van der Waals surface area (Å²) in [4.78, 5) is 27.5. The Bertz CT molecular complexity index is 996. The highest BCUT2D eigenvalue weighted by molar-refractivity contribution is 5.95. The number of ether oxygens (including phenoxy) is 1. The van der Waals surface area contributed by atoms with E-state index < -0.39 is 0 Å². The quantitative estimate of drug-likeness (QED) is 0.705. The Morgan fingerprint density at radius 2 is 1.83 bits per heavy atom. The Labute approximate surface area is 169 Å². The molecular formula is C23H23N3O3. The van der Waals surface area contributed by atoms with Crippen LogP contribution in [-0.4, -0.2) is 41.0 Å². The third kappa shape index (κ3) is 4.01. The van der Waals surface area contributed by atoms with Crippen LogP contribution in [0.5, 0.6) is 5.75 Å². The summed E-state index contributed by atoms with van der Waals surface area (Å²) in [5.41, 5.74) is 2.30. The van der Waals surface area contributed by atoms with E-state index in [2.05, 4.69) is 5.32 Å². The summed E-state index contributed by atoms with van der Waals surface area (Å²) >= 11 is 0. The molecule has 2 aromatic carbocycles. The molecule has 1 atom stereocenters. The zero-order valence-corrected chi connectivity index (χ0v) is 16.2. The van der Waals surface area contributed by atoms with Crippen LogP contribution in [0, 0.1) is 0 Å². The lowest BCUT2D eigenvalue weighted by atomic mass is 10.1. The fourth-order valence-corrected chi connectivity index (χ4v) is 3.62. The van der Waals surface area contributed by atoms with E-state index in [9.17, 15) is 9.59 Å². The molecule has 29 heavy (non-hydrogen) atoms.